The summed E-state index contributed by atoms with van der Waals surface area (Å²) < 4.78 is 5.71. The third-order valence-electron chi connectivity index (χ3n) is 4.80. The van der Waals surface area contributed by atoms with E-state index >= 15 is 0 Å². The molecule has 5 nitrogen and oxygen atoms in total. The Morgan fingerprint density at radius 1 is 1.07 bits per heavy atom. The number of ether oxygens (including phenoxy) is 1. The molecule has 1 aliphatic heterocycles. The molecule has 0 spiro atoms. The normalized spacial score (nSPS) is 18.7. The molecule has 0 aliphatic carbocycles. The molecule has 0 radical (unpaired) electrons. The van der Waals surface area contributed by atoms with E-state index in [9.17, 15) is 4.79 Å². The highest BCUT2D eigenvalue weighted by Gasteiger charge is 2.38. The number of rotatable bonds is 5. The maximum absolute atomic E-state index is 12.7. The van der Waals surface area contributed by atoms with Gasteiger partial charge in [0.15, 0.2) is 0 Å². The summed E-state index contributed by atoms with van der Waals surface area (Å²) in [6.07, 6.45) is 5.23. The van der Waals surface area contributed by atoms with E-state index in [2.05, 4.69) is 43.3 Å². The van der Waals surface area contributed by atoms with Crippen molar-refractivity contribution in [2.24, 2.45) is 0 Å². The molecule has 27 heavy (non-hydrogen) atoms. The van der Waals surface area contributed by atoms with Gasteiger partial charge in [0.25, 0.3) is 5.91 Å². The number of pyridine rings is 1. The smallest absolute Gasteiger partial charge is 0.251 e. The van der Waals surface area contributed by atoms with E-state index in [1.54, 1.807) is 12.4 Å². The van der Waals surface area contributed by atoms with E-state index in [0.29, 0.717) is 12.2 Å². The van der Waals surface area contributed by atoms with Gasteiger partial charge < -0.3 is 15.4 Å². The first-order valence-electron chi connectivity index (χ1n) is 9.44. The Morgan fingerprint density at radius 2 is 1.67 bits per heavy atom. The van der Waals surface area contributed by atoms with Gasteiger partial charge in [-0.1, -0.05) is 12.1 Å². The SMILES string of the molecule is CC1(C)CC(NC(=O)c2ccc(COc3ccncc3)cc2)CC(C)(C)N1. The molecule has 0 atom stereocenters. The summed E-state index contributed by atoms with van der Waals surface area (Å²) in [5.74, 6) is 0.762. The zero-order valence-electron chi connectivity index (χ0n) is 16.6. The van der Waals surface area contributed by atoms with E-state index in [1.165, 1.54) is 0 Å². The van der Waals surface area contributed by atoms with E-state index in [4.69, 9.17) is 4.74 Å². The summed E-state index contributed by atoms with van der Waals surface area (Å²) in [6.45, 7) is 9.20. The van der Waals surface area contributed by atoms with Gasteiger partial charge in [-0.25, -0.2) is 0 Å². The van der Waals surface area contributed by atoms with Gasteiger partial charge in [0.2, 0.25) is 0 Å². The van der Waals surface area contributed by atoms with Gasteiger partial charge in [-0.05, 0) is 70.4 Å². The van der Waals surface area contributed by atoms with Gasteiger partial charge in [-0.15, -0.1) is 0 Å². The van der Waals surface area contributed by atoms with Crippen LogP contribution in [0, 0.1) is 0 Å². The maximum Gasteiger partial charge on any atom is 0.251 e. The summed E-state index contributed by atoms with van der Waals surface area (Å²) >= 11 is 0. The van der Waals surface area contributed by atoms with Crippen LogP contribution < -0.4 is 15.4 Å². The predicted molar refractivity (Wildman–Crippen MR) is 107 cm³/mol. The van der Waals surface area contributed by atoms with Crippen LogP contribution in [0.15, 0.2) is 48.8 Å². The van der Waals surface area contributed by atoms with Gasteiger partial charge in [0, 0.05) is 35.1 Å². The number of amides is 1. The molecule has 1 aliphatic rings. The van der Waals surface area contributed by atoms with Crippen molar-refractivity contribution in [3.63, 3.8) is 0 Å². The number of carbonyl (C=O) groups excluding carboxylic acids is 1. The minimum Gasteiger partial charge on any atom is -0.489 e. The second-order valence-corrected chi connectivity index (χ2v) is 8.64. The Morgan fingerprint density at radius 3 is 2.26 bits per heavy atom. The van der Waals surface area contributed by atoms with Crippen LogP contribution in [-0.2, 0) is 6.61 Å². The molecule has 2 heterocycles. The van der Waals surface area contributed by atoms with Gasteiger partial charge in [-0.2, -0.15) is 0 Å². The third kappa shape index (κ3) is 5.54. The summed E-state index contributed by atoms with van der Waals surface area (Å²) in [5, 5.41) is 6.85. The molecule has 2 N–H and O–H groups in total. The van der Waals surface area contributed by atoms with Crippen molar-refractivity contribution >= 4 is 5.91 Å². The fourth-order valence-corrected chi connectivity index (χ4v) is 4.05. The fraction of sp³-hybridized carbons (Fsp3) is 0.455. The highest BCUT2D eigenvalue weighted by molar-refractivity contribution is 5.94. The van der Waals surface area contributed by atoms with Crippen molar-refractivity contribution < 1.29 is 9.53 Å². The van der Waals surface area contributed by atoms with Gasteiger partial charge in [0.1, 0.15) is 12.4 Å². The predicted octanol–water partition coefficient (Wildman–Crippen LogP) is 3.70. The lowest BCUT2D eigenvalue weighted by atomic mass is 9.79. The van der Waals surface area contributed by atoms with Crippen molar-refractivity contribution in [3.8, 4) is 5.75 Å². The van der Waals surface area contributed by atoms with Gasteiger partial charge >= 0.3 is 0 Å². The number of nitrogens with zero attached hydrogens (tertiary/aromatic N) is 1. The van der Waals surface area contributed by atoms with E-state index in [1.807, 2.05) is 36.4 Å². The van der Waals surface area contributed by atoms with Crippen LogP contribution in [-0.4, -0.2) is 28.0 Å². The number of aromatic nitrogens is 1. The van der Waals surface area contributed by atoms with Crippen LogP contribution in [0.3, 0.4) is 0 Å². The van der Waals surface area contributed by atoms with Crippen LogP contribution in [0.25, 0.3) is 0 Å². The minimum absolute atomic E-state index is 0.00779. The summed E-state index contributed by atoms with van der Waals surface area (Å²) in [6, 6.07) is 11.4. The molecule has 5 heteroatoms. The molecule has 0 unspecified atom stereocenters. The molecule has 144 valence electrons. The average Bonchev–Trinajstić information content (AvgIpc) is 2.58. The Labute approximate surface area is 161 Å². The first-order valence-corrected chi connectivity index (χ1v) is 9.44. The number of benzene rings is 1. The summed E-state index contributed by atoms with van der Waals surface area (Å²) in [5.41, 5.74) is 1.71. The minimum atomic E-state index is -0.0184. The molecular formula is C22H29N3O2. The van der Waals surface area contributed by atoms with Crippen molar-refractivity contribution in [2.45, 2.75) is 64.3 Å². The standard InChI is InChI=1S/C22H29N3O2/c1-21(2)13-18(14-22(3,4)25-21)24-20(26)17-7-5-16(6-8-17)15-27-19-9-11-23-12-10-19/h5-12,18,25H,13-15H2,1-4H3,(H,24,26). The molecule has 1 aromatic carbocycles. The number of nitrogens with one attached hydrogen (secondary N) is 2. The quantitative estimate of drug-likeness (QED) is 0.846. The zero-order chi connectivity index (χ0) is 19.5. The number of piperidine rings is 1. The first-order chi connectivity index (χ1) is 12.7. The first kappa shape index (κ1) is 19.4. The second-order valence-electron chi connectivity index (χ2n) is 8.64. The van der Waals surface area contributed by atoms with Crippen molar-refractivity contribution in [3.05, 3.63) is 59.9 Å². The Bertz CT molecular complexity index is 754. The van der Waals surface area contributed by atoms with Gasteiger partial charge in [0.05, 0.1) is 0 Å². The van der Waals surface area contributed by atoms with Crippen molar-refractivity contribution in [1.82, 2.24) is 15.6 Å². The Hall–Kier alpha value is -2.40. The molecule has 1 amide bonds. The van der Waals surface area contributed by atoms with Crippen LogP contribution in [0.2, 0.25) is 0 Å². The topological polar surface area (TPSA) is 63.2 Å². The molecule has 1 saturated heterocycles. The van der Waals surface area contributed by atoms with Gasteiger partial charge in [-0.3, -0.25) is 9.78 Å². The van der Waals surface area contributed by atoms with Crippen molar-refractivity contribution in [1.29, 1.82) is 0 Å². The average molecular weight is 367 g/mol. The molecule has 1 fully saturated rings. The third-order valence-corrected chi connectivity index (χ3v) is 4.80. The lowest BCUT2D eigenvalue weighted by Crippen LogP contribution is -2.62. The van der Waals surface area contributed by atoms with E-state index in [-0.39, 0.29) is 23.0 Å². The molecule has 0 saturated carbocycles. The van der Waals surface area contributed by atoms with Crippen molar-refractivity contribution in [2.75, 3.05) is 0 Å². The molecule has 3 rings (SSSR count). The van der Waals surface area contributed by atoms with E-state index in [0.717, 1.165) is 24.2 Å². The molecule has 0 bridgehead atoms. The second kappa shape index (κ2) is 7.69. The maximum atomic E-state index is 12.7. The molecule has 2 aromatic rings. The molecule has 1 aromatic heterocycles. The van der Waals surface area contributed by atoms with Crippen LogP contribution in [0.1, 0.15) is 56.5 Å². The Kier molecular flexibility index (Phi) is 5.51. The lowest BCUT2D eigenvalue weighted by molar-refractivity contribution is 0.0873. The summed E-state index contributed by atoms with van der Waals surface area (Å²) in [4.78, 5) is 16.6. The Balaban J connectivity index is 1.57. The monoisotopic (exact) mass is 367 g/mol. The largest absolute Gasteiger partial charge is 0.489 e. The fourth-order valence-electron chi connectivity index (χ4n) is 4.05. The van der Waals surface area contributed by atoms with Crippen LogP contribution >= 0.6 is 0 Å². The highest BCUT2D eigenvalue weighted by Crippen LogP contribution is 2.28. The zero-order valence-corrected chi connectivity index (χ0v) is 16.6. The number of hydrogen-bond acceptors (Lipinski definition) is 4. The lowest BCUT2D eigenvalue weighted by Gasteiger charge is -2.46. The molecular weight excluding hydrogens is 338 g/mol. The number of hydrogen-bond donors (Lipinski definition) is 2. The highest BCUT2D eigenvalue weighted by atomic mass is 16.5. The van der Waals surface area contributed by atoms with E-state index < -0.39 is 0 Å². The number of carbonyl (C=O) groups is 1. The summed E-state index contributed by atoms with van der Waals surface area (Å²) in [7, 11) is 0. The van der Waals surface area contributed by atoms with Crippen LogP contribution in [0.4, 0.5) is 0 Å². The van der Waals surface area contributed by atoms with Crippen LogP contribution in [0.5, 0.6) is 5.75 Å².